The van der Waals surface area contributed by atoms with Crippen LogP contribution in [0.4, 0.5) is 4.39 Å². The number of aromatic nitrogens is 1. The number of furan rings is 1. The number of nitriles is 1. The monoisotopic (exact) mass is 469 g/mol. The van der Waals surface area contributed by atoms with Gasteiger partial charge in [0, 0.05) is 28.5 Å². The van der Waals surface area contributed by atoms with Crippen molar-refractivity contribution in [2.75, 3.05) is 0 Å². The number of halogens is 1. The van der Waals surface area contributed by atoms with Gasteiger partial charge in [-0.25, -0.2) is 8.96 Å². The highest BCUT2D eigenvalue weighted by Crippen LogP contribution is 2.42. The van der Waals surface area contributed by atoms with Crippen molar-refractivity contribution in [3.8, 4) is 39.6 Å². The summed E-state index contributed by atoms with van der Waals surface area (Å²) in [7, 11) is 1.89. The Kier molecular flexibility index (Phi) is 5.13. The van der Waals surface area contributed by atoms with Crippen LogP contribution in [-0.2, 0) is 7.05 Å². The summed E-state index contributed by atoms with van der Waals surface area (Å²) in [6.07, 6.45) is 1.71. The number of hydrogen-bond acceptors (Lipinski definition) is 2. The van der Waals surface area contributed by atoms with E-state index in [1.807, 2.05) is 73.1 Å². The third kappa shape index (κ3) is 3.45. The molecular weight excluding hydrogens is 447 g/mol. The molecule has 0 aliphatic carbocycles. The van der Waals surface area contributed by atoms with Gasteiger partial charge in [-0.15, -0.1) is 0 Å². The number of benzene rings is 4. The number of rotatable bonds is 3. The summed E-state index contributed by atoms with van der Waals surface area (Å²) in [4.78, 5) is 0. The van der Waals surface area contributed by atoms with Crippen LogP contribution >= 0.6 is 0 Å². The largest absolute Gasteiger partial charge is 0.454 e. The molecule has 36 heavy (non-hydrogen) atoms. The summed E-state index contributed by atoms with van der Waals surface area (Å²) < 4.78 is 22.7. The highest BCUT2D eigenvalue weighted by Gasteiger charge is 2.23. The van der Waals surface area contributed by atoms with Crippen molar-refractivity contribution in [2.24, 2.45) is 7.05 Å². The van der Waals surface area contributed by atoms with Crippen LogP contribution in [0.5, 0.6) is 0 Å². The molecule has 0 aliphatic rings. The van der Waals surface area contributed by atoms with Crippen molar-refractivity contribution in [3.63, 3.8) is 0 Å². The minimum atomic E-state index is -0.305. The average Bonchev–Trinajstić information content (AvgIpc) is 3.28. The second-order valence-corrected chi connectivity index (χ2v) is 9.00. The molecule has 0 spiro atoms. The van der Waals surface area contributed by atoms with Gasteiger partial charge in [-0.3, -0.25) is 0 Å². The van der Waals surface area contributed by atoms with Crippen molar-refractivity contribution in [3.05, 3.63) is 114 Å². The molecule has 0 saturated carbocycles. The van der Waals surface area contributed by atoms with E-state index < -0.39 is 0 Å². The third-order valence-corrected chi connectivity index (χ3v) is 6.76. The molecule has 0 aliphatic heterocycles. The predicted octanol–water partition coefficient (Wildman–Crippen LogP) is 7.73. The zero-order valence-electron chi connectivity index (χ0n) is 19.9. The summed E-state index contributed by atoms with van der Waals surface area (Å²) in [5, 5.41) is 11.9. The first-order chi connectivity index (χ1) is 17.5. The van der Waals surface area contributed by atoms with E-state index in [9.17, 15) is 9.65 Å². The van der Waals surface area contributed by atoms with Crippen LogP contribution in [0.2, 0.25) is 0 Å². The van der Waals surface area contributed by atoms with E-state index in [1.54, 1.807) is 6.20 Å². The number of hydrogen-bond donors (Lipinski definition) is 0. The molecule has 0 fully saturated rings. The van der Waals surface area contributed by atoms with Gasteiger partial charge in [-0.05, 0) is 47.4 Å². The van der Waals surface area contributed by atoms with Crippen molar-refractivity contribution >= 4 is 21.9 Å². The van der Waals surface area contributed by atoms with Gasteiger partial charge >= 0.3 is 0 Å². The maximum Gasteiger partial charge on any atom is 0.219 e. The Balaban J connectivity index is 1.67. The molecule has 2 heterocycles. The van der Waals surface area contributed by atoms with Gasteiger partial charge in [-0.1, -0.05) is 60.7 Å². The standard InChI is InChI=1S/C32H22FN2O/c1-20-11-13-26-27-14-12-24(19-34)30(23-10-6-9-22(17-23)21-7-4-3-5-8-21)32(27)36-31(26)29(20)28-18-25(33)15-16-35(28)2/h3-18H,1-2H3/q+1. The summed E-state index contributed by atoms with van der Waals surface area (Å²) in [5.41, 5.74) is 8.26. The zero-order valence-corrected chi connectivity index (χ0v) is 19.9. The zero-order chi connectivity index (χ0) is 24.8. The summed E-state index contributed by atoms with van der Waals surface area (Å²) in [6, 6.07) is 31.5. The van der Waals surface area contributed by atoms with Gasteiger partial charge in [0.2, 0.25) is 5.69 Å². The molecule has 0 N–H and O–H groups in total. The number of aryl methyl sites for hydroxylation is 2. The molecule has 2 aromatic heterocycles. The average molecular weight is 470 g/mol. The fraction of sp³-hybridized carbons (Fsp3) is 0.0625. The van der Waals surface area contributed by atoms with E-state index in [0.717, 1.165) is 49.8 Å². The van der Waals surface area contributed by atoms with Crippen LogP contribution in [-0.4, -0.2) is 0 Å². The molecule has 3 nitrogen and oxygen atoms in total. The van der Waals surface area contributed by atoms with Gasteiger partial charge in [0.25, 0.3) is 0 Å². The molecule has 6 rings (SSSR count). The molecular formula is C32H22FN2O+. The second-order valence-electron chi connectivity index (χ2n) is 9.00. The Morgan fingerprint density at radius 2 is 1.44 bits per heavy atom. The lowest BCUT2D eigenvalue weighted by Gasteiger charge is -2.08. The van der Waals surface area contributed by atoms with Crippen LogP contribution in [0.1, 0.15) is 11.1 Å². The van der Waals surface area contributed by atoms with Crippen molar-refractivity contribution in [1.82, 2.24) is 0 Å². The van der Waals surface area contributed by atoms with Gasteiger partial charge < -0.3 is 4.42 Å². The Bertz CT molecular complexity index is 1830. The lowest BCUT2D eigenvalue weighted by Crippen LogP contribution is -2.30. The van der Waals surface area contributed by atoms with Crippen LogP contribution in [0, 0.1) is 24.1 Å². The maximum absolute atomic E-state index is 14.3. The van der Waals surface area contributed by atoms with Crippen LogP contribution < -0.4 is 4.57 Å². The van der Waals surface area contributed by atoms with Crippen LogP contribution in [0.3, 0.4) is 0 Å². The van der Waals surface area contributed by atoms with Crippen molar-refractivity contribution in [1.29, 1.82) is 5.26 Å². The van der Waals surface area contributed by atoms with E-state index in [-0.39, 0.29) is 5.82 Å². The van der Waals surface area contributed by atoms with E-state index >= 15 is 0 Å². The predicted molar refractivity (Wildman–Crippen MR) is 141 cm³/mol. The number of pyridine rings is 1. The smallest absolute Gasteiger partial charge is 0.219 e. The topological polar surface area (TPSA) is 40.8 Å². The summed E-state index contributed by atoms with van der Waals surface area (Å²) >= 11 is 0. The maximum atomic E-state index is 14.3. The van der Waals surface area contributed by atoms with E-state index in [1.165, 1.54) is 12.1 Å². The normalized spacial score (nSPS) is 11.2. The van der Waals surface area contributed by atoms with Crippen LogP contribution in [0.15, 0.2) is 102 Å². The SMILES string of the molecule is Cc1ccc2c(oc3c(-c4cccc(-c5ccccc5)c4)c(C#N)ccc32)c1-c1cc(F)cc[n+]1C. The van der Waals surface area contributed by atoms with E-state index in [4.69, 9.17) is 4.42 Å². The van der Waals surface area contributed by atoms with Crippen molar-refractivity contribution in [2.45, 2.75) is 6.92 Å². The quantitative estimate of drug-likeness (QED) is 0.249. The molecule has 4 aromatic carbocycles. The minimum Gasteiger partial charge on any atom is -0.454 e. The molecule has 0 radical (unpaired) electrons. The first-order valence-corrected chi connectivity index (χ1v) is 11.8. The summed E-state index contributed by atoms with van der Waals surface area (Å²) in [5.74, 6) is -0.305. The Morgan fingerprint density at radius 1 is 0.750 bits per heavy atom. The molecule has 0 amide bonds. The first kappa shape index (κ1) is 21.8. The van der Waals surface area contributed by atoms with E-state index in [2.05, 4.69) is 30.3 Å². The Hall–Kier alpha value is -4.75. The fourth-order valence-electron chi connectivity index (χ4n) is 4.98. The molecule has 0 bridgehead atoms. The van der Waals surface area contributed by atoms with E-state index in [0.29, 0.717) is 16.7 Å². The minimum absolute atomic E-state index is 0.305. The van der Waals surface area contributed by atoms with Gasteiger partial charge in [0.15, 0.2) is 6.20 Å². The third-order valence-electron chi connectivity index (χ3n) is 6.76. The van der Waals surface area contributed by atoms with Gasteiger partial charge in [0.05, 0.1) is 17.2 Å². The molecule has 6 aromatic rings. The van der Waals surface area contributed by atoms with Gasteiger partial charge in [0.1, 0.15) is 24.0 Å². The molecule has 0 saturated heterocycles. The van der Waals surface area contributed by atoms with Crippen molar-refractivity contribution < 1.29 is 13.4 Å². The summed E-state index contributed by atoms with van der Waals surface area (Å²) in [6.45, 7) is 2.00. The number of nitrogens with zero attached hydrogens (tertiary/aromatic N) is 2. The first-order valence-electron chi connectivity index (χ1n) is 11.8. The second kappa shape index (κ2) is 8.48. The molecule has 0 atom stereocenters. The lowest BCUT2D eigenvalue weighted by molar-refractivity contribution is -0.660. The highest BCUT2D eigenvalue weighted by atomic mass is 19.1. The lowest BCUT2D eigenvalue weighted by atomic mass is 9.94. The highest BCUT2D eigenvalue weighted by molar-refractivity contribution is 6.14. The van der Waals surface area contributed by atoms with Crippen LogP contribution in [0.25, 0.3) is 55.4 Å². The Labute approximate surface area is 208 Å². The fourth-order valence-corrected chi connectivity index (χ4v) is 4.98. The molecule has 0 unspecified atom stereocenters. The number of fused-ring (bicyclic) bond motifs is 3. The molecule has 4 heteroatoms. The molecule has 172 valence electrons. The van der Waals surface area contributed by atoms with Gasteiger partial charge in [-0.2, -0.15) is 5.26 Å². The Morgan fingerprint density at radius 3 is 2.22 bits per heavy atom.